The number of hydrogen-bond acceptors (Lipinski definition) is 5. The van der Waals surface area contributed by atoms with Crippen molar-refractivity contribution in [2.24, 2.45) is 11.3 Å². The zero-order valence-electron chi connectivity index (χ0n) is 17.7. The van der Waals surface area contributed by atoms with Crippen LogP contribution in [-0.4, -0.2) is 44.4 Å². The van der Waals surface area contributed by atoms with Gasteiger partial charge in [-0.3, -0.25) is 4.79 Å². The number of ether oxygens (including phenoxy) is 1. The first kappa shape index (κ1) is 21.0. The quantitative estimate of drug-likeness (QED) is 0.530. The second-order valence-corrected chi connectivity index (χ2v) is 9.01. The SMILES string of the molecule is O=C(c1c(F)cccc1-c1ncccn1)N1CC2CC23CC(Oc2ccc(C(F)(F)F)cn2)C13. The summed E-state index contributed by atoms with van der Waals surface area (Å²) in [5.74, 6) is -0.505. The van der Waals surface area contributed by atoms with Gasteiger partial charge in [0, 0.05) is 42.2 Å². The molecule has 3 aliphatic rings. The lowest BCUT2D eigenvalue weighted by atomic mass is 9.73. The van der Waals surface area contributed by atoms with Crippen LogP contribution in [0.25, 0.3) is 11.4 Å². The maximum Gasteiger partial charge on any atom is 0.417 e. The lowest BCUT2D eigenvalue weighted by molar-refractivity contribution is -0.137. The molecule has 2 aliphatic carbocycles. The van der Waals surface area contributed by atoms with E-state index in [1.807, 2.05) is 0 Å². The third-order valence-electron chi connectivity index (χ3n) is 7.19. The van der Waals surface area contributed by atoms with Gasteiger partial charge in [0.05, 0.1) is 17.2 Å². The Kier molecular flexibility index (Phi) is 4.46. The van der Waals surface area contributed by atoms with E-state index in [2.05, 4.69) is 15.0 Å². The molecule has 3 heterocycles. The van der Waals surface area contributed by atoms with Gasteiger partial charge in [0.25, 0.3) is 5.91 Å². The zero-order valence-corrected chi connectivity index (χ0v) is 17.7. The van der Waals surface area contributed by atoms with Crippen LogP contribution < -0.4 is 4.74 Å². The first-order valence-electron chi connectivity index (χ1n) is 10.8. The van der Waals surface area contributed by atoms with Gasteiger partial charge in [0.1, 0.15) is 11.9 Å². The van der Waals surface area contributed by atoms with E-state index in [-0.39, 0.29) is 28.7 Å². The number of halogens is 4. The molecule has 0 N–H and O–H groups in total. The topological polar surface area (TPSA) is 68.2 Å². The van der Waals surface area contributed by atoms with Crippen molar-refractivity contribution in [1.82, 2.24) is 19.9 Å². The standard InChI is InChI=1S/C24H18F4N4O2/c25-16-4-1-3-15(21-29-7-2-8-30-21)19(16)22(33)32-12-14-9-23(14)10-17(20(23)32)34-18-6-5-13(11-31-18)24(26,27)28/h1-8,11,14,17,20H,9-10,12H2. The molecule has 4 atom stereocenters. The van der Waals surface area contributed by atoms with Crippen molar-refractivity contribution in [3.8, 4) is 17.3 Å². The first-order chi connectivity index (χ1) is 16.3. The number of nitrogens with zero attached hydrogens (tertiary/aromatic N) is 4. The lowest BCUT2D eigenvalue weighted by Crippen LogP contribution is -2.59. The van der Waals surface area contributed by atoms with Crippen LogP contribution in [0.3, 0.4) is 0 Å². The molecule has 1 saturated heterocycles. The van der Waals surface area contributed by atoms with Crippen molar-refractivity contribution in [2.45, 2.75) is 31.2 Å². The monoisotopic (exact) mass is 470 g/mol. The Morgan fingerprint density at radius 2 is 1.85 bits per heavy atom. The van der Waals surface area contributed by atoms with Crippen molar-refractivity contribution in [3.63, 3.8) is 0 Å². The van der Waals surface area contributed by atoms with E-state index >= 15 is 0 Å². The molecule has 1 spiro atoms. The minimum atomic E-state index is -4.48. The van der Waals surface area contributed by atoms with E-state index < -0.39 is 29.6 Å². The van der Waals surface area contributed by atoms with Gasteiger partial charge in [-0.2, -0.15) is 13.2 Å². The van der Waals surface area contributed by atoms with Gasteiger partial charge in [-0.15, -0.1) is 0 Å². The number of alkyl halides is 3. The third kappa shape index (κ3) is 3.15. The summed E-state index contributed by atoms with van der Waals surface area (Å²) in [7, 11) is 0. The number of carbonyl (C=O) groups excluding carboxylic acids is 1. The van der Waals surface area contributed by atoms with E-state index in [1.165, 1.54) is 30.6 Å². The molecule has 3 fully saturated rings. The van der Waals surface area contributed by atoms with Crippen molar-refractivity contribution in [2.75, 3.05) is 6.54 Å². The fraction of sp³-hybridized carbons (Fsp3) is 0.333. The molecule has 2 saturated carbocycles. The Labute approximate surface area is 191 Å². The Morgan fingerprint density at radius 3 is 2.56 bits per heavy atom. The molecular weight excluding hydrogens is 452 g/mol. The molecule has 3 aromatic rings. The van der Waals surface area contributed by atoms with Gasteiger partial charge in [-0.05, 0) is 37.0 Å². The van der Waals surface area contributed by atoms with Gasteiger partial charge in [-0.25, -0.2) is 19.3 Å². The molecule has 6 rings (SSSR count). The molecule has 0 bridgehead atoms. The highest BCUT2D eigenvalue weighted by molar-refractivity contribution is 6.01. The largest absolute Gasteiger partial charge is 0.472 e. The molecule has 2 aromatic heterocycles. The van der Waals surface area contributed by atoms with Crippen LogP contribution in [0.15, 0.2) is 55.0 Å². The highest BCUT2D eigenvalue weighted by Gasteiger charge is 2.76. The van der Waals surface area contributed by atoms with Crippen molar-refractivity contribution >= 4 is 5.91 Å². The number of likely N-dealkylation sites (tertiary alicyclic amines) is 1. The molecule has 1 aliphatic heterocycles. The number of piperidine rings is 1. The van der Waals surface area contributed by atoms with E-state index in [0.29, 0.717) is 24.4 Å². The molecule has 10 heteroatoms. The number of rotatable bonds is 4. The van der Waals surface area contributed by atoms with Gasteiger partial charge >= 0.3 is 6.18 Å². The van der Waals surface area contributed by atoms with Gasteiger partial charge < -0.3 is 9.64 Å². The second kappa shape index (κ2) is 7.22. The fourth-order valence-corrected chi connectivity index (χ4v) is 5.53. The Balaban J connectivity index is 1.27. The number of pyridine rings is 1. The number of carbonyl (C=O) groups is 1. The van der Waals surface area contributed by atoms with Crippen LogP contribution in [0.1, 0.15) is 28.8 Å². The molecule has 34 heavy (non-hydrogen) atoms. The summed E-state index contributed by atoms with van der Waals surface area (Å²) >= 11 is 0. The Morgan fingerprint density at radius 1 is 1.06 bits per heavy atom. The number of amides is 1. The van der Waals surface area contributed by atoms with Crippen molar-refractivity contribution in [3.05, 3.63) is 71.9 Å². The molecule has 174 valence electrons. The number of hydrogen-bond donors (Lipinski definition) is 0. The Bertz CT molecular complexity index is 1270. The smallest absolute Gasteiger partial charge is 0.417 e. The molecular formula is C24H18F4N4O2. The molecule has 0 radical (unpaired) electrons. The van der Waals surface area contributed by atoms with Crippen LogP contribution in [-0.2, 0) is 6.18 Å². The van der Waals surface area contributed by atoms with E-state index in [0.717, 1.165) is 18.7 Å². The minimum Gasteiger partial charge on any atom is -0.472 e. The average Bonchev–Trinajstić information content (AvgIpc) is 3.47. The summed E-state index contributed by atoms with van der Waals surface area (Å²) in [6, 6.07) is 7.78. The maximum absolute atomic E-state index is 14.9. The summed E-state index contributed by atoms with van der Waals surface area (Å²) in [5, 5.41) is 0. The fourth-order valence-electron chi connectivity index (χ4n) is 5.53. The highest BCUT2D eigenvalue weighted by Crippen LogP contribution is 2.71. The first-order valence-corrected chi connectivity index (χ1v) is 10.8. The van der Waals surface area contributed by atoms with E-state index in [1.54, 1.807) is 17.0 Å². The predicted octanol–water partition coefficient (Wildman–Crippen LogP) is 4.38. The second-order valence-electron chi connectivity index (χ2n) is 9.01. The van der Waals surface area contributed by atoms with Gasteiger partial charge in [0.15, 0.2) is 5.82 Å². The van der Waals surface area contributed by atoms with Gasteiger partial charge in [-0.1, -0.05) is 12.1 Å². The summed E-state index contributed by atoms with van der Waals surface area (Å²) in [6.07, 6.45) is 0.496. The van der Waals surface area contributed by atoms with Crippen LogP contribution in [0.2, 0.25) is 0 Å². The van der Waals surface area contributed by atoms with Crippen molar-refractivity contribution < 1.29 is 27.1 Å². The highest BCUT2D eigenvalue weighted by atomic mass is 19.4. The summed E-state index contributed by atoms with van der Waals surface area (Å²) < 4.78 is 59.3. The maximum atomic E-state index is 14.9. The van der Waals surface area contributed by atoms with E-state index in [9.17, 15) is 22.4 Å². The summed E-state index contributed by atoms with van der Waals surface area (Å²) in [4.78, 5) is 27.4. The van der Waals surface area contributed by atoms with E-state index in [4.69, 9.17) is 4.74 Å². The summed E-state index contributed by atoms with van der Waals surface area (Å²) in [5.41, 5.74) is -0.717. The zero-order chi connectivity index (χ0) is 23.7. The van der Waals surface area contributed by atoms with Crippen LogP contribution in [0.4, 0.5) is 17.6 Å². The molecule has 1 amide bonds. The number of aromatic nitrogens is 3. The van der Waals surface area contributed by atoms with Gasteiger partial charge in [0.2, 0.25) is 5.88 Å². The lowest BCUT2D eigenvalue weighted by Gasteiger charge is -2.47. The molecule has 1 aromatic carbocycles. The third-order valence-corrected chi connectivity index (χ3v) is 7.19. The summed E-state index contributed by atoms with van der Waals surface area (Å²) in [6.45, 7) is 0.479. The van der Waals surface area contributed by atoms with Crippen LogP contribution >= 0.6 is 0 Å². The van der Waals surface area contributed by atoms with Crippen LogP contribution in [0.5, 0.6) is 5.88 Å². The number of benzene rings is 1. The van der Waals surface area contributed by atoms with Crippen molar-refractivity contribution in [1.29, 1.82) is 0 Å². The molecule has 4 unspecified atom stereocenters. The Hall–Kier alpha value is -3.56. The average molecular weight is 470 g/mol. The van der Waals surface area contributed by atoms with Crippen LogP contribution in [0, 0.1) is 17.2 Å². The predicted molar refractivity (Wildman–Crippen MR) is 111 cm³/mol. The molecule has 6 nitrogen and oxygen atoms in total. The minimum absolute atomic E-state index is 0.0635. The normalized spacial score (nSPS) is 26.9.